The summed E-state index contributed by atoms with van der Waals surface area (Å²) in [6.07, 6.45) is 1.09. The van der Waals surface area contributed by atoms with Crippen molar-refractivity contribution < 1.29 is 14.3 Å². The van der Waals surface area contributed by atoms with Crippen LogP contribution >= 0.6 is 0 Å². The quantitative estimate of drug-likeness (QED) is 0.901. The van der Waals surface area contributed by atoms with Gasteiger partial charge in [-0.2, -0.15) is 5.10 Å². The smallest absolute Gasteiger partial charge is 0.276 e. The summed E-state index contributed by atoms with van der Waals surface area (Å²) in [4.78, 5) is 25.7. The SMILES string of the molecule is COCN1C(=O)CCc2cc(NC(=O)c3cc(C)[nH]n3)ccc21. The lowest BCUT2D eigenvalue weighted by molar-refractivity contribution is -0.119. The summed E-state index contributed by atoms with van der Waals surface area (Å²) in [5.41, 5.74) is 3.70. The fraction of sp³-hybridized carbons (Fsp3) is 0.312. The van der Waals surface area contributed by atoms with E-state index in [4.69, 9.17) is 4.74 Å². The second-order valence-corrected chi connectivity index (χ2v) is 5.47. The molecule has 1 aliphatic heterocycles. The number of rotatable bonds is 4. The topological polar surface area (TPSA) is 87.3 Å². The Labute approximate surface area is 133 Å². The van der Waals surface area contributed by atoms with Crippen LogP contribution in [0.4, 0.5) is 11.4 Å². The number of hydrogen-bond donors (Lipinski definition) is 2. The predicted molar refractivity (Wildman–Crippen MR) is 85.4 cm³/mol. The average molecular weight is 314 g/mol. The highest BCUT2D eigenvalue weighted by molar-refractivity contribution is 6.03. The van der Waals surface area contributed by atoms with Crippen molar-refractivity contribution in [1.29, 1.82) is 0 Å². The van der Waals surface area contributed by atoms with Gasteiger partial charge in [0.05, 0.1) is 0 Å². The van der Waals surface area contributed by atoms with Crippen molar-refractivity contribution in [3.63, 3.8) is 0 Å². The molecule has 7 heteroatoms. The number of carbonyl (C=O) groups excluding carboxylic acids is 2. The third-order valence-corrected chi connectivity index (χ3v) is 3.73. The molecule has 0 bridgehead atoms. The van der Waals surface area contributed by atoms with Gasteiger partial charge in [-0.05, 0) is 43.2 Å². The van der Waals surface area contributed by atoms with E-state index < -0.39 is 0 Å². The van der Waals surface area contributed by atoms with Gasteiger partial charge in [0.25, 0.3) is 5.91 Å². The number of benzene rings is 1. The highest BCUT2D eigenvalue weighted by atomic mass is 16.5. The standard InChI is InChI=1S/C16H18N4O3/c1-10-7-13(19-18-10)16(22)17-12-4-5-14-11(8-12)3-6-15(21)20(14)9-23-2/h4-5,7-8H,3,6,9H2,1-2H3,(H,17,22)(H,18,19). The van der Waals surface area contributed by atoms with Crippen LogP contribution in [0.1, 0.15) is 28.2 Å². The van der Waals surface area contributed by atoms with Crippen LogP contribution in [0.25, 0.3) is 0 Å². The molecule has 2 heterocycles. The first-order chi connectivity index (χ1) is 11.1. The normalized spacial score (nSPS) is 13.8. The van der Waals surface area contributed by atoms with E-state index in [9.17, 15) is 9.59 Å². The minimum atomic E-state index is -0.269. The maximum Gasteiger partial charge on any atom is 0.276 e. The molecule has 0 saturated heterocycles. The number of nitrogens with one attached hydrogen (secondary N) is 2. The molecule has 23 heavy (non-hydrogen) atoms. The Balaban J connectivity index is 1.81. The van der Waals surface area contributed by atoms with E-state index in [1.54, 1.807) is 24.1 Å². The molecule has 1 aromatic heterocycles. The van der Waals surface area contributed by atoms with Crippen molar-refractivity contribution in [2.45, 2.75) is 19.8 Å². The summed E-state index contributed by atoms with van der Waals surface area (Å²) >= 11 is 0. The highest BCUT2D eigenvalue weighted by Crippen LogP contribution is 2.30. The molecule has 0 atom stereocenters. The Morgan fingerprint density at radius 3 is 2.91 bits per heavy atom. The maximum absolute atomic E-state index is 12.1. The van der Waals surface area contributed by atoms with E-state index in [0.29, 0.717) is 24.2 Å². The van der Waals surface area contributed by atoms with Crippen molar-refractivity contribution in [3.8, 4) is 0 Å². The van der Waals surface area contributed by atoms with Crippen molar-refractivity contribution in [1.82, 2.24) is 10.2 Å². The Morgan fingerprint density at radius 1 is 1.39 bits per heavy atom. The van der Waals surface area contributed by atoms with Gasteiger partial charge in [-0.25, -0.2) is 0 Å². The fourth-order valence-corrected chi connectivity index (χ4v) is 2.64. The number of ether oxygens (including phenoxy) is 1. The van der Waals surface area contributed by atoms with Crippen molar-refractivity contribution in [2.75, 3.05) is 24.1 Å². The van der Waals surface area contributed by atoms with Crippen molar-refractivity contribution >= 4 is 23.2 Å². The third-order valence-electron chi connectivity index (χ3n) is 3.73. The first-order valence-electron chi connectivity index (χ1n) is 7.34. The number of carbonyl (C=O) groups is 2. The van der Waals surface area contributed by atoms with Gasteiger partial charge in [0.15, 0.2) is 5.69 Å². The van der Waals surface area contributed by atoms with Crippen molar-refractivity contribution in [3.05, 3.63) is 41.2 Å². The number of nitrogens with zero attached hydrogens (tertiary/aromatic N) is 2. The summed E-state index contributed by atoms with van der Waals surface area (Å²) in [6, 6.07) is 7.18. The molecular weight excluding hydrogens is 296 g/mol. The molecule has 2 aromatic rings. The second kappa shape index (κ2) is 6.21. The summed E-state index contributed by atoms with van der Waals surface area (Å²) in [6.45, 7) is 2.06. The zero-order valence-electron chi connectivity index (χ0n) is 13.0. The molecule has 0 aliphatic carbocycles. The van der Waals surface area contributed by atoms with Crippen LogP contribution in [-0.2, 0) is 16.0 Å². The number of anilines is 2. The van der Waals surface area contributed by atoms with Gasteiger partial charge in [0.1, 0.15) is 6.73 Å². The summed E-state index contributed by atoms with van der Waals surface area (Å²) < 4.78 is 5.09. The number of methoxy groups -OCH3 is 1. The molecule has 1 aliphatic rings. The van der Waals surface area contributed by atoms with E-state index in [0.717, 1.165) is 16.9 Å². The van der Waals surface area contributed by atoms with E-state index >= 15 is 0 Å². The molecule has 0 saturated carbocycles. The van der Waals surface area contributed by atoms with E-state index in [-0.39, 0.29) is 18.5 Å². The lowest BCUT2D eigenvalue weighted by Gasteiger charge is -2.29. The molecule has 1 aromatic carbocycles. The van der Waals surface area contributed by atoms with Gasteiger partial charge in [0.2, 0.25) is 5.91 Å². The van der Waals surface area contributed by atoms with Gasteiger partial charge >= 0.3 is 0 Å². The number of aromatic nitrogens is 2. The fourth-order valence-electron chi connectivity index (χ4n) is 2.64. The number of amides is 2. The molecule has 3 rings (SSSR count). The molecule has 0 radical (unpaired) electrons. The molecule has 0 fully saturated rings. The van der Waals surface area contributed by atoms with Crippen LogP contribution < -0.4 is 10.2 Å². The molecule has 2 N–H and O–H groups in total. The molecule has 2 amide bonds. The monoisotopic (exact) mass is 314 g/mol. The second-order valence-electron chi connectivity index (χ2n) is 5.47. The molecule has 0 unspecified atom stereocenters. The van der Waals surface area contributed by atoms with Crippen LogP contribution in [0.5, 0.6) is 0 Å². The number of aromatic amines is 1. The maximum atomic E-state index is 12.1. The zero-order valence-corrected chi connectivity index (χ0v) is 13.0. The van der Waals surface area contributed by atoms with Gasteiger partial charge in [-0.3, -0.25) is 19.6 Å². The van der Waals surface area contributed by atoms with Crippen LogP contribution in [-0.4, -0.2) is 35.9 Å². The Morgan fingerprint density at radius 2 is 2.22 bits per heavy atom. The summed E-state index contributed by atoms with van der Waals surface area (Å²) in [5, 5.41) is 9.50. The lowest BCUT2D eigenvalue weighted by Crippen LogP contribution is -2.36. The largest absolute Gasteiger partial charge is 0.364 e. The number of aryl methyl sites for hydroxylation is 2. The highest BCUT2D eigenvalue weighted by Gasteiger charge is 2.24. The van der Waals surface area contributed by atoms with Gasteiger partial charge < -0.3 is 10.1 Å². The number of hydrogen-bond acceptors (Lipinski definition) is 4. The molecular formula is C16H18N4O3. The van der Waals surface area contributed by atoms with Gasteiger partial charge in [0, 0.05) is 30.6 Å². The van der Waals surface area contributed by atoms with Crippen LogP contribution in [0.2, 0.25) is 0 Å². The Kier molecular flexibility index (Phi) is 4.12. The third kappa shape index (κ3) is 3.09. The van der Waals surface area contributed by atoms with E-state index in [1.165, 1.54) is 0 Å². The lowest BCUT2D eigenvalue weighted by atomic mass is 10.0. The average Bonchev–Trinajstić information content (AvgIpc) is 2.97. The minimum Gasteiger partial charge on any atom is -0.364 e. The molecule has 7 nitrogen and oxygen atoms in total. The minimum absolute atomic E-state index is 0.0446. The molecule has 0 spiro atoms. The van der Waals surface area contributed by atoms with Crippen LogP contribution in [0, 0.1) is 6.92 Å². The van der Waals surface area contributed by atoms with Gasteiger partial charge in [-0.15, -0.1) is 0 Å². The van der Waals surface area contributed by atoms with Crippen molar-refractivity contribution in [2.24, 2.45) is 0 Å². The van der Waals surface area contributed by atoms with Crippen LogP contribution in [0.15, 0.2) is 24.3 Å². The summed E-state index contributed by atoms with van der Waals surface area (Å²) in [5.74, 6) is -0.224. The number of fused-ring (bicyclic) bond motifs is 1. The summed E-state index contributed by atoms with van der Waals surface area (Å²) in [7, 11) is 1.56. The van der Waals surface area contributed by atoms with Crippen LogP contribution in [0.3, 0.4) is 0 Å². The Hall–Kier alpha value is -2.67. The predicted octanol–water partition coefficient (Wildman–Crippen LogP) is 1.85. The van der Waals surface area contributed by atoms with Gasteiger partial charge in [-0.1, -0.05) is 0 Å². The van der Waals surface area contributed by atoms with E-state index in [1.807, 2.05) is 19.1 Å². The Bertz CT molecular complexity index is 754. The number of H-pyrrole nitrogens is 1. The molecule has 120 valence electrons. The first kappa shape index (κ1) is 15.2. The zero-order chi connectivity index (χ0) is 16.4. The van der Waals surface area contributed by atoms with E-state index in [2.05, 4.69) is 15.5 Å². The first-order valence-corrected chi connectivity index (χ1v) is 7.34.